The molecule has 26 heavy (non-hydrogen) atoms. The van der Waals surface area contributed by atoms with E-state index in [9.17, 15) is 4.79 Å². The summed E-state index contributed by atoms with van der Waals surface area (Å²) in [5.41, 5.74) is 1.93. The minimum Gasteiger partial charge on any atom is -0.338 e. The molecule has 1 amide bonds. The topological polar surface area (TPSA) is 97.0 Å². The van der Waals surface area contributed by atoms with Gasteiger partial charge in [-0.15, -0.1) is 0 Å². The highest BCUT2D eigenvalue weighted by Gasteiger charge is 2.33. The van der Waals surface area contributed by atoms with Gasteiger partial charge in [0.2, 0.25) is 23.4 Å². The summed E-state index contributed by atoms with van der Waals surface area (Å²) in [4.78, 5) is 26.8. The van der Waals surface area contributed by atoms with Gasteiger partial charge in [-0.2, -0.15) is 4.98 Å². The van der Waals surface area contributed by atoms with E-state index < -0.39 is 0 Å². The summed E-state index contributed by atoms with van der Waals surface area (Å²) in [6.07, 6.45) is 3.27. The lowest BCUT2D eigenvalue weighted by atomic mass is 10.0. The molecule has 0 spiro atoms. The lowest BCUT2D eigenvalue weighted by molar-refractivity contribution is -0.118. The Labute approximate surface area is 150 Å². The van der Waals surface area contributed by atoms with E-state index in [2.05, 4.69) is 25.4 Å². The van der Waals surface area contributed by atoms with Crippen molar-refractivity contribution in [3.05, 3.63) is 54.2 Å². The molecule has 3 aromatic rings. The molecule has 1 aromatic carbocycles. The number of aromatic nitrogens is 4. The number of nitrogens with zero attached hydrogens (tertiary/aromatic N) is 5. The highest BCUT2D eigenvalue weighted by Crippen LogP contribution is 2.26. The molecule has 1 aliphatic rings. The SMILES string of the molecule is Cc1cccc(NC(=O)CN2CC(c3nc(-c4ncccn4)no3)C2)c1. The zero-order chi connectivity index (χ0) is 17.9. The van der Waals surface area contributed by atoms with Gasteiger partial charge in [0.25, 0.3) is 0 Å². The van der Waals surface area contributed by atoms with Gasteiger partial charge in [0.05, 0.1) is 12.5 Å². The summed E-state index contributed by atoms with van der Waals surface area (Å²) in [7, 11) is 0. The second-order valence-electron chi connectivity index (χ2n) is 6.34. The first-order chi connectivity index (χ1) is 12.7. The molecule has 132 valence electrons. The van der Waals surface area contributed by atoms with Crippen molar-refractivity contribution in [3.8, 4) is 11.6 Å². The first-order valence-corrected chi connectivity index (χ1v) is 8.37. The number of carbonyl (C=O) groups is 1. The van der Waals surface area contributed by atoms with Crippen molar-refractivity contribution in [1.82, 2.24) is 25.0 Å². The Morgan fingerprint density at radius 2 is 2.04 bits per heavy atom. The predicted octanol–water partition coefficient (Wildman–Crippen LogP) is 1.87. The highest BCUT2D eigenvalue weighted by atomic mass is 16.5. The third kappa shape index (κ3) is 3.60. The quantitative estimate of drug-likeness (QED) is 0.750. The van der Waals surface area contributed by atoms with Crippen LogP contribution in [-0.2, 0) is 4.79 Å². The maximum absolute atomic E-state index is 12.1. The molecule has 0 atom stereocenters. The first-order valence-electron chi connectivity index (χ1n) is 8.37. The van der Waals surface area contributed by atoms with Gasteiger partial charge in [0, 0.05) is 31.2 Å². The summed E-state index contributed by atoms with van der Waals surface area (Å²) < 4.78 is 5.32. The normalized spacial score (nSPS) is 14.8. The Kier molecular flexibility index (Phi) is 4.40. The van der Waals surface area contributed by atoms with Crippen molar-refractivity contribution in [2.24, 2.45) is 0 Å². The number of rotatable bonds is 5. The lowest BCUT2D eigenvalue weighted by Crippen LogP contribution is -2.48. The van der Waals surface area contributed by atoms with Crippen LogP contribution in [0, 0.1) is 6.92 Å². The second kappa shape index (κ2) is 7.01. The molecule has 3 heterocycles. The molecule has 0 bridgehead atoms. The molecule has 2 aromatic heterocycles. The molecule has 1 fully saturated rings. The van der Waals surface area contributed by atoms with E-state index in [4.69, 9.17) is 4.52 Å². The number of likely N-dealkylation sites (tertiary alicyclic amines) is 1. The summed E-state index contributed by atoms with van der Waals surface area (Å²) in [6.45, 7) is 3.75. The third-order valence-electron chi connectivity index (χ3n) is 4.18. The Morgan fingerprint density at radius 1 is 1.23 bits per heavy atom. The molecule has 0 aliphatic carbocycles. The minimum atomic E-state index is -0.0297. The fourth-order valence-corrected chi connectivity index (χ4v) is 2.89. The van der Waals surface area contributed by atoms with Crippen molar-refractivity contribution in [3.63, 3.8) is 0 Å². The monoisotopic (exact) mass is 350 g/mol. The Hall–Kier alpha value is -3.13. The molecule has 8 nitrogen and oxygen atoms in total. The summed E-state index contributed by atoms with van der Waals surface area (Å²) >= 11 is 0. The van der Waals surface area contributed by atoms with Crippen molar-refractivity contribution in [2.45, 2.75) is 12.8 Å². The minimum absolute atomic E-state index is 0.0297. The Morgan fingerprint density at radius 3 is 2.81 bits per heavy atom. The molecule has 1 saturated heterocycles. The van der Waals surface area contributed by atoms with E-state index in [1.807, 2.05) is 36.1 Å². The molecule has 1 N–H and O–H groups in total. The van der Waals surface area contributed by atoms with E-state index >= 15 is 0 Å². The van der Waals surface area contributed by atoms with Crippen LogP contribution in [0.1, 0.15) is 17.4 Å². The summed E-state index contributed by atoms with van der Waals surface area (Å²) in [5, 5.41) is 6.84. The van der Waals surface area contributed by atoms with Crippen LogP contribution >= 0.6 is 0 Å². The number of nitrogens with one attached hydrogen (secondary N) is 1. The van der Waals surface area contributed by atoms with Crippen LogP contribution in [0.3, 0.4) is 0 Å². The zero-order valence-electron chi connectivity index (χ0n) is 14.3. The lowest BCUT2D eigenvalue weighted by Gasteiger charge is -2.36. The fourth-order valence-electron chi connectivity index (χ4n) is 2.89. The van der Waals surface area contributed by atoms with Crippen LogP contribution in [-0.4, -0.2) is 50.5 Å². The number of amides is 1. The first kappa shape index (κ1) is 16.3. The molecule has 0 radical (unpaired) electrons. The maximum atomic E-state index is 12.1. The van der Waals surface area contributed by atoms with Crippen molar-refractivity contribution < 1.29 is 9.32 Å². The molecule has 0 saturated carbocycles. The van der Waals surface area contributed by atoms with Gasteiger partial charge in [-0.1, -0.05) is 17.3 Å². The smallest absolute Gasteiger partial charge is 0.240 e. The van der Waals surface area contributed by atoms with Crippen molar-refractivity contribution in [2.75, 3.05) is 25.0 Å². The van der Waals surface area contributed by atoms with Crippen LogP contribution < -0.4 is 5.32 Å². The Bertz CT molecular complexity index is 905. The molecule has 0 unspecified atom stereocenters. The Balaban J connectivity index is 1.29. The second-order valence-corrected chi connectivity index (χ2v) is 6.34. The van der Waals surface area contributed by atoms with Gasteiger partial charge in [-0.3, -0.25) is 9.69 Å². The van der Waals surface area contributed by atoms with Crippen LogP contribution in [0.25, 0.3) is 11.6 Å². The molecular formula is C18H18N6O2. The van der Waals surface area contributed by atoms with Crippen molar-refractivity contribution in [1.29, 1.82) is 0 Å². The van der Waals surface area contributed by atoms with Gasteiger partial charge in [-0.25, -0.2) is 9.97 Å². The zero-order valence-corrected chi connectivity index (χ0v) is 14.3. The number of benzene rings is 1. The number of anilines is 1. The third-order valence-corrected chi connectivity index (χ3v) is 4.18. The molecule has 8 heteroatoms. The maximum Gasteiger partial charge on any atom is 0.240 e. The van der Waals surface area contributed by atoms with Gasteiger partial charge >= 0.3 is 0 Å². The molecular weight excluding hydrogens is 332 g/mol. The molecule has 1 aliphatic heterocycles. The van der Waals surface area contributed by atoms with Crippen LogP contribution in [0.5, 0.6) is 0 Å². The number of hydrogen-bond acceptors (Lipinski definition) is 7. The van der Waals surface area contributed by atoms with E-state index in [1.54, 1.807) is 18.5 Å². The highest BCUT2D eigenvalue weighted by molar-refractivity contribution is 5.92. The number of aryl methyl sites for hydroxylation is 1. The van der Waals surface area contributed by atoms with Crippen LogP contribution in [0.2, 0.25) is 0 Å². The standard InChI is InChI=1S/C18H18N6O2/c1-12-4-2-5-14(8-12)21-15(25)11-24-9-13(10-24)18-22-17(23-26-18)16-19-6-3-7-20-16/h2-8,13H,9-11H2,1H3,(H,21,25). The average molecular weight is 350 g/mol. The van der Waals surface area contributed by atoms with E-state index in [1.165, 1.54) is 0 Å². The van der Waals surface area contributed by atoms with Gasteiger partial charge in [0.15, 0.2) is 0 Å². The van der Waals surface area contributed by atoms with E-state index in [0.29, 0.717) is 37.2 Å². The van der Waals surface area contributed by atoms with Crippen LogP contribution in [0.4, 0.5) is 5.69 Å². The fraction of sp³-hybridized carbons (Fsp3) is 0.278. The molecule has 4 rings (SSSR count). The number of hydrogen-bond donors (Lipinski definition) is 1. The van der Waals surface area contributed by atoms with E-state index in [-0.39, 0.29) is 11.8 Å². The summed E-state index contributed by atoms with van der Waals surface area (Å²) in [6, 6.07) is 9.48. The van der Waals surface area contributed by atoms with Gasteiger partial charge in [0.1, 0.15) is 0 Å². The summed E-state index contributed by atoms with van der Waals surface area (Å²) in [5.74, 6) is 1.49. The van der Waals surface area contributed by atoms with E-state index in [0.717, 1.165) is 11.3 Å². The largest absolute Gasteiger partial charge is 0.338 e. The van der Waals surface area contributed by atoms with Crippen molar-refractivity contribution >= 4 is 11.6 Å². The number of carbonyl (C=O) groups excluding carboxylic acids is 1. The predicted molar refractivity (Wildman–Crippen MR) is 94.3 cm³/mol. The van der Waals surface area contributed by atoms with Gasteiger partial charge in [-0.05, 0) is 30.7 Å². The average Bonchev–Trinajstić information content (AvgIpc) is 3.08. The van der Waals surface area contributed by atoms with Gasteiger partial charge < -0.3 is 9.84 Å². The van der Waals surface area contributed by atoms with Crippen LogP contribution in [0.15, 0.2) is 47.2 Å².